The summed E-state index contributed by atoms with van der Waals surface area (Å²) in [7, 11) is 0. The smallest absolute Gasteiger partial charge is 0.326 e. The molecule has 0 radical (unpaired) electrons. The first-order valence-electron chi connectivity index (χ1n) is 11.0. The molecule has 1 aliphatic rings. The largest absolute Gasteiger partial charge is 0.480 e. The number of carboxylic acids is 1. The fraction of sp³-hybridized carbons (Fsp3) is 0.292. The van der Waals surface area contributed by atoms with Crippen LogP contribution in [-0.4, -0.2) is 41.1 Å². The molecular formula is C24H22Cl2N4O5. The topological polar surface area (TPSA) is 129 Å². The molecule has 2 aromatic carbocycles. The van der Waals surface area contributed by atoms with Crippen LogP contribution in [0.5, 0.6) is 0 Å². The van der Waals surface area contributed by atoms with E-state index in [2.05, 4.69) is 15.6 Å². The van der Waals surface area contributed by atoms with E-state index in [1.165, 1.54) is 12.4 Å². The van der Waals surface area contributed by atoms with E-state index in [9.17, 15) is 24.3 Å². The Balaban J connectivity index is 1.46. The van der Waals surface area contributed by atoms with Gasteiger partial charge in [0.05, 0.1) is 15.7 Å². The number of benzene rings is 1. The Kier molecular flexibility index (Phi) is 7.37. The second kappa shape index (κ2) is 10.5. The standard InChI is InChI=1S/C24H22Cl2N4O5/c25-15-11-27-12-16(26)18(15)29-23(33)14-6-4-13(5-7-14)10-17(24(34)35)28-19-20(22(32)21(19)31)30-8-2-1-3-9-30/h4-7,11-12,17,28H,1-3,8-10H2,(H,34,35)(H,27,29,33)/t17-/m0/s1. The summed E-state index contributed by atoms with van der Waals surface area (Å²) in [5, 5.41) is 15.5. The second-order valence-electron chi connectivity index (χ2n) is 8.30. The van der Waals surface area contributed by atoms with Gasteiger partial charge in [-0.1, -0.05) is 35.3 Å². The second-order valence-corrected chi connectivity index (χ2v) is 9.11. The molecule has 0 aliphatic carbocycles. The fourth-order valence-corrected chi connectivity index (χ4v) is 4.51. The van der Waals surface area contributed by atoms with Gasteiger partial charge in [-0.2, -0.15) is 0 Å². The number of amides is 1. The monoisotopic (exact) mass is 516 g/mol. The molecule has 0 spiro atoms. The van der Waals surface area contributed by atoms with Crippen molar-refractivity contribution in [2.45, 2.75) is 31.7 Å². The minimum absolute atomic E-state index is 0.0392. The molecule has 0 bridgehead atoms. The number of pyridine rings is 1. The zero-order chi connectivity index (χ0) is 25.1. The lowest BCUT2D eigenvalue weighted by Gasteiger charge is -2.31. The molecule has 182 valence electrons. The van der Waals surface area contributed by atoms with Gasteiger partial charge in [-0.3, -0.25) is 19.4 Å². The van der Waals surface area contributed by atoms with Crippen molar-refractivity contribution in [3.05, 3.63) is 78.3 Å². The van der Waals surface area contributed by atoms with Gasteiger partial charge in [-0.25, -0.2) is 4.79 Å². The summed E-state index contributed by atoms with van der Waals surface area (Å²) in [4.78, 5) is 54.5. The lowest BCUT2D eigenvalue weighted by Crippen LogP contribution is -2.47. The van der Waals surface area contributed by atoms with E-state index in [1.807, 2.05) is 4.90 Å². The molecule has 35 heavy (non-hydrogen) atoms. The van der Waals surface area contributed by atoms with Crippen molar-refractivity contribution >= 4 is 52.1 Å². The predicted octanol–water partition coefficient (Wildman–Crippen LogP) is 3.33. The van der Waals surface area contributed by atoms with Crippen molar-refractivity contribution < 1.29 is 14.7 Å². The van der Waals surface area contributed by atoms with E-state index < -0.39 is 28.8 Å². The number of rotatable bonds is 8. The van der Waals surface area contributed by atoms with E-state index in [0.29, 0.717) is 24.2 Å². The Morgan fingerprint density at radius 2 is 1.60 bits per heavy atom. The molecule has 0 saturated carbocycles. The first-order valence-corrected chi connectivity index (χ1v) is 11.8. The Morgan fingerprint density at radius 3 is 2.20 bits per heavy atom. The van der Waals surface area contributed by atoms with Crippen LogP contribution < -0.4 is 26.4 Å². The van der Waals surface area contributed by atoms with Crippen LogP contribution in [0, 0.1) is 0 Å². The van der Waals surface area contributed by atoms with E-state index in [0.717, 1.165) is 19.3 Å². The first-order chi connectivity index (χ1) is 16.8. The average Bonchev–Trinajstić information content (AvgIpc) is 2.85. The number of hydrogen-bond donors (Lipinski definition) is 3. The van der Waals surface area contributed by atoms with Crippen molar-refractivity contribution in [2.24, 2.45) is 0 Å². The number of carboxylic acid groups (broad SMARTS) is 1. The summed E-state index contributed by atoms with van der Waals surface area (Å²) in [6.45, 7) is 1.33. The zero-order valence-electron chi connectivity index (χ0n) is 18.5. The molecule has 1 fully saturated rings. The molecule has 1 saturated heterocycles. The molecule has 3 N–H and O–H groups in total. The first kappa shape index (κ1) is 24.7. The zero-order valence-corrected chi connectivity index (χ0v) is 20.0. The summed E-state index contributed by atoms with van der Waals surface area (Å²) < 4.78 is 0. The number of aliphatic carboxylic acids is 1. The van der Waals surface area contributed by atoms with Crippen LogP contribution in [0.25, 0.3) is 0 Å². The summed E-state index contributed by atoms with van der Waals surface area (Å²) >= 11 is 12.1. The van der Waals surface area contributed by atoms with Crippen molar-refractivity contribution in [2.75, 3.05) is 28.6 Å². The van der Waals surface area contributed by atoms with Crippen LogP contribution >= 0.6 is 23.2 Å². The van der Waals surface area contributed by atoms with Gasteiger partial charge in [0.1, 0.15) is 17.4 Å². The van der Waals surface area contributed by atoms with Crippen LogP contribution in [0.1, 0.15) is 35.2 Å². The SMILES string of the molecule is O=C(Nc1c(Cl)cncc1Cl)c1ccc(C[C@H](Nc2c(N3CCCCC3)c(=O)c2=O)C(=O)O)cc1. The van der Waals surface area contributed by atoms with Gasteiger partial charge in [0, 0.05) is 37.5 Å². The Labute approximate surface area is 210 Å². The van der Waals surface area contributed by atoms with Gasteiger partial charge in [0.2, 0.25) is 0 Å². The molecule has 1 atom stereocenters. The lowest BCUT2D eigenvalue weighted by atomic mass is 10.0. The molecule has 1 amide bonds. The third-order valence-electron chi connectivity index (χ3n) is 5.92. The van der Waals surface area contributed by atoms with E-state index in [4.69, 9.17) is 23.2 Å². The average molecular weight is 517 g/mol. The molecule has 1 aliphatic heterocycles. The summed E-state index contributed by atoms with van der Waals surface area (Å²) in [6.07, 6.45) is 5.65. The van der Waals surface area contributed by atoms with Crippen molar-refractivity contribution in [3.8, 4) is 0 Å². The Morgan fingerprint density at radius 1 is 0.971 bits per heavy atom. The number of carbonyl (C=O) groups excluding carboxylic acids is 1. The number of anilines is 3. The Bertz CT molecular complexity index is 1310. The number of piperidine rings is 1. The third-order valence-corrected chi connectivity index (χ3v) is 6.50. The van der Waals surface area contributed by atoms with Crippen molar-refractivity contribution in [3.63, 3.8) is 0 Å². The van der Waals surface area contributed by atoms with Crippen LogP contribution in [0.3, 0.4) is 0 Å². The third kappa shape index (κ3) is 5.31. The van der Waals surface area contributed by atoms with Crippen LogP contribution in [0.2, 0.25) is 10.0 Å². The molecule has 9 nitrogen and oxygen atoms in total. The van der Waals surface area contributed by atoms with Gasteiger partial charge in [-0.15, -0.1) is 0 Å². The predicted molar refractivity (Wildman–Crippen MR) is 135 cm³/mol. The summed E-state index contributed by atoms with van der Waals surface area (Å²) in [5.41, 5.74) is 0.241. The number of nitrogens with zero attached hydrogens (tertiary/aromatic N) is 2. The quantitative estimate of drug-likeness (QED) is 0.388. The molecule has 0 unspecified atom stereocenters. The minimum atomic E-state index is -1.16. The fourth-order valence-electron chi connectivity index (χ4n) is 4.05. The highest BCUT2D eigenvalue weighted by atomic mass is 35.5. The summed E-state index contributed by atoms with van der Waals surface area (Å²) in [6, 6.07) is 5.20. The number of carbonyl (C=O) groups is 2. The van der Waals surface area contributed by atoms with E-state index in [1.54, 1.807) is 24.3 Å². The highest BCUT2D eigenvalue weighted by Gasteiger charge is 2.30. The maximum absolute atomic E-state index is 12.6. The van der Waals surface area contributed by atoms with Gasteiger partial charge >= 0.3 is 5.97 Å². The van der Waals surface area contributed by atoms with E-state index >= 15 is 0 Å². The molecule has 2 heterocycles. The van der Waals surface area contributed by atoms with Crippen LogP contribution in [0.15, 0.2) is 46.2 Å². The van der Waals surface area contributed by atoms with Gasteiger partial charge in [-0.05, 0) is 37.0 Å². The molecule has 11 heteroatoms. The van der Waals surface area contributed by atoms with Crippen LogP contribution in [-0.2, 0) is 11.2 Å². The van der Waals surface area contributed by atoms with Gasteiger partial charge in [0.15, 0.2) is 0 Å². The molecule has 4 rings (SSSR count). The molecule has 1 aromatic heterocycles. The maximum Gasteiger partial charge on any atom is 0.326 e. The lowest BCUT2D eigenvalue weighted by molar-refractivity contribution is -0.137. The van der Waals surface area contributed by atoms with E-state index in [-0.39, 0.29) is 33.5 Å². The molecule has 3 aromatic rings. The number of aromatic nitrogens is 1. The summed E-state index contributed by atoms with van der Waals surface area (Å²) in [5.74, 6) is -1.61. The van der Waals surface area contributed by atoms with Crippen molar-refractivity contribution in [1.82, 2.24) is 4.98 Å². The molecular weight excluding hydrogens is 495 g/mol. The highest BCUT2D eigenvalue weighted by Crippen LogP contribution is 2.29. The van der Waals surface area contributed by atoms with Gasteiger partial charge in [0.25, 0.3) is 16.8 Å². The van der Waals surface area contributed by atoms with Crippen molar-refractivity contribution in [1.29, 1.82) is 0 Å². The number of nitrogens with one attached hydrogen (secondary N) is 2. The Hall–Kier alpha value is -3.43. The minimum Gasteiger partial charge on any atom is -0.480 e. The van der Waals surface area contributed by atoms with Crippen LogP contribution in [0.4, 0.5) is 17.1 Å². The normalized spacial score (nSPS) is 14.5. The maximum atomic E-state index is 12.6. The number of hydrogen-bond acceptors (Lipinski definition) is 7. The number of halogens is 2. The highest BCUT2D eigenvalue weighted by molar-refractivity contribution is 6.39. The van der Waals surface area contributed by atoms with Gasteiger partial charge < -0.3 is 20.6 Å².